The van der Waals surface area contributed by atoms with Gasteiger partial charge in [0.15, 0.2) is 0 Å². The van der Waals surface area contributed by atoms with Crippen LogP contribution in [-0.2, 0) is 9.53 Å². The molecule has 0 aromatic carbocycles. The van der Waals surface area contributed by atoms with E-state index in [2.05, 4.69) is 5.32 Å². The maximum absolute atomic E-state index is 12.2. The Morgan fingerprint density at radius 2 is 1.71 bits per heavy atom. The van der Waals surface area contributed by atoms with Gasteiger partial charge in [0.25, 0.3) is 0 Å². The molecule has 5 heteroatoms. The van der Waals surface area contributed by atoms with E-state index in [1.165, 1.54) is 0 Å². The second kappa shape index (κ2) is 4.89. The molecular weight excluding hydrogens is 270 g/mol. The van der Waals surface area contributed by atoms with Crippen molar-refractivity contribution < 1.29 is 19.4 Å². The first-order chi connectivity index (χ1) is 9.50. The number of alkyl carbamates (subject to hydrolysis) is 1. The number of hydrogen-bond donors (Lipinski definition) is 2. The van der Waals surface area contributed by atoms with Crippen molar-refractivity contribution in [2.24, 2.45) is 17.3 Å². The highest BCUT2D eigenvalue weighted by Gasteiger charge is 2.70. The zero-order valence-electron chi connectivity index (χ0n) is 13.7. The van der Waals surface area contributed by atoms with Gasteiger partial charge < -0.3 is 15.2 Å². The number of carboxylic acids is 1. The lowest BCUT2D eigenvalue weighted by Gasteiger charge is -2.33. The van der Waals surface area contributed by atoms with Gasteiger partial charge in [0.05, 0.1) is 5.92 Å². The summed E-state index contributed by atoms with van der Waals surface area (Å²) in [5, 5.41) is 12.4. The van der Waals surface area contributed by atoms with Crippen molar-refractivity contribution >= 4 is 12.1 Å². The van der Waals surface area contributed by atoms with Gasteiger partial charge in [-0.1, -0.05) is 26.7 Å². The molecule has 2 fully saturated rings. The number of carboxylic acid groups (broad SMARTS) is 1. The largest absolute Gasteiger partial charge is 0.481 e. The maximum atomic E-state index is 12.2. The predicted octanol–water partition coefficient (Wildman–Crippen LogP) is 3.18. The zero-order chi connectivity index (χ0) is 16.1. The Morgan fingerprint density at radius 1 is 1.19 bits per heavy atom. The molecule has 0 aromatic rings. The number of amides is 1. The first-order valence-corrected chi connectivity index (χ1v) is 7.74. The number of nitrogens with one attached hydrogen (secondary N) is 1. The van der Waals surface area contributed by atoms with Crippen LogP contribution in [0.5, 0.6) is 0 Å². The Kier molecular flexibility index (Phi) is 3.75. The quantitative estimate of drug-likeness (QED) is 0.839. The van der Waals surface area contributed by atoms with Gasteiger partial charge >= 0.3 is 12.1 Å². The molecule has 2 aliphatic rings. The average Bonchev–Trinajstić information content (AvgIpc) is 2.65. The van der Waals surface area contributed by atoms with Gasteiger partial charge in [0.2, 0.25) is 0 Å². The van der Waals surface area contributed by atoms with Crippen molar-refractivity contribution in [1.29, 1.82) is 0 Å². The summed E-state index contributed by atoms with van der Waals surface area (Å²) in [5.41, 5.74) is -1.24. The summed E-state index contributed by atoms with van der Waals surface area (Å²) < 4.78 is 5.37. The topological polar surface area (TPSA) is 75.6 Å². The molecule has 2 unspecified atom stereocenters. The van der Waals surface area contributed by atoms with Gasteiger partial charge in [-0.25, -0.2) is 4.79 Å². The van der Waals surface area contributed by atoms with Crippen molar-refractivity contribution in [3.8, 4) is 0 Å². The standard InChI is InChI=1S/C16H27NO4/c1-14(2,3)21-13(20)17-16(8-6-7-9-16)11-10(12(18)19)15(11,4)5/h10-11H,6-9H2,1-5H3,(H,17,20)(H,18,19). The molecule has 0 aliphatic heterocycles. The highest BCUT2D eigenvalue weighted by molar-refractivity contribution is 5.77. The minimum atomic E-state index is -0.762. The van der Waals surface area contributed by atoms with E-state index in [9.17, 15) is 14.7 Å². The Hall–Kier alpha value is -1.26. The maximum Gasteiger partial charge on any atom is 0.408 e. The fourth-order valence-electron chi connectivity index (χ4n) is 4.16. The van der Waals surface area contributed by atoms with Crippen LogP contribution in [-0.4, -0.2) is 28.3 Å². The van der Waals surface area contributed by atoms with Crippen LogP contribution in [0.3, 0.4) is 0 Å². The third-order valence-corrected chi connectivity index (χ3v) is 4.93. The van der Waals surface area contributed by atoms with Crippen LogP contribution in [0.2, 0.25) is 0 Å². The van der Waals surface area contributed by atoms with Crippen LogP contribution in [0.1, 0.15) is 60.3 Å². The summed E-state index contributed by atoms with van der Waals surface area (Å²) in [6.07, 6.45) is 3.29. The van der Waals surface area contributed by atoms with Gasteiger partial charge in [-0.15, -0.1) is 0 Å². The van der Waals surface area contributed by atoms with Crippen molar-refractivity contribution in [2.75, 3.05) is 0 Å². The lowest BCUT2D eigenvalue weighted by atomic mass is 9.86. The summed E-state index contributed by atoms with van der Waals surface area (Å²) in [5.74, 6) is -1.16. The number of carbonyl (C=O) groups excluding carboxylic acids is 1. The van der Waals surface area contributed by atoms with E-state index in [0.717, 1.165) is 25.7 Å². The number of ether oxygens (including phenoxy) is 1. The first-order valence-electron chi connectivity index (χ1n) is 7.74. The molecule has 2 atom stereocenters. The van der Waals surface area contributed by atoms with Crippen LogP contribution in [0.25, 0.3) is 0 Å². The third kappa shape index (κ3) is 3.01. The fourth-order valence-corrected chi connectivity index (χ4v) is 4.16. The molecular formula is C16H27NO4. The van der Waals surface area contributed by atoms with Gasteiger partial charge in [-0.05, 0) is 39.0 Å². The molecule has 0 saturated heterocycles. The van der Waals surface area contributed by atoms with Gasteiger partial charge in [0.1, 0.15) is 5.60 Å². The zero-order valence-corrected chi connectivity index (χ0v) is 13.7. The SMILES string of the molecule is CC(C)(C)OC(=O)NC1(C2C(C(=O)O)C2(C)C)CCCC1. The van der Waals surface area contributed by atoms with E-state index < -0.39 is 23.2 Å². The molecule has 1 amide bonds. The monoisotopic (exact) mass is 297 g/mol. The molecule has 2 rings (SSSR count). The van der Waals surface area contributed by atoms with Crippen LogP contribution >= 0.6 is 0 Å². The molecule has 0 bridgehead atoms. The third-order valence-electron chi connectivity index (χ3n) is 4.93. The van der Waals surface area contributed by atoms with E-state index in [1.807, 2.05) is 34.6 Å². The Bertz CT molecular complexity index is 444. The van der Waals surface area contributed by atoms with Gasteiger partial charge in [-0.3, -0.25) is 4.79 Å². The Morgan fingerprint density at radius 3 is 2.10 bits per heavy atom. The van der Waals surface area contributed by atoms with Crippen molar-refractivity contribution in [3.63, 3.8) is 0 Å². The van der Waals surface area contributed by atoms with Crippen molar-refractivity contribution in [2.45, 2.75) is 71.4 Å². The predicted molar refractivity (Wildman–Crippen MR) is 79.0 cm³/mol. The highest BCUT2D eigenvalue weighted by atomic mass is 16.6. The lowest BCUT2D eigenvalue weighted by molar-refractivity contribution is -0.139. The van der Waals surface area contributed by atoms with Crippen molar-refractivity contribution in [3.05, 3.63) is 0 Å². The molecule has 0 spiro atoms. The van der Waals surface area contributed by atoms with E-state index in [0.29, 0.717) is 0 Å². The van der Waals surface area contributed by atoms with E-state index in [1.54, 1.807) is 0 Å². The van der Waals surface area contributed by atoms with E-state index in [-0.39, 0.29) is 17.3 Å². The highest BCUT2D eigenvalue weighted by Crippen LogP contribution is 2.66. The summed E-state index contributed by atoms with van der Waals surface area (Å²) in [4.78, 5) is 23.6. The molecule has 120 valence electrons. The minimum absolute atomic E-state index is 0.0162. The average molecular weight is 297 g/mol. The summed E-state index contributed by atoms with van der Waals surface area (Å²) >= 11 is 0. The number of rotatable bonds is 3. The van der Waals surface area contributed by atoms with Crippen molar-refractivity contribution in [1.82, 2.24) is 5.32 Å². The molecule has 2 N–H and O–H groups in total. The Labute approximate surface area is 126 Å². The Balaban J connectivity index is 2.16. The fraction of sp³-hybridized carbons (Fsp3) is 0.875. The van der Waals surface area contributed by atoms with Crippen LogP contribution in [0.4, 0.5) is 4.79 Å². The summed E-state index contributed by atoms with van der Waals surface area (Å²) in [6, 6.07) is 0. The summed E-state index contributed by atoms with van der Waals surface area (Å²) in [6.45, 7) is 9.44. The van der Waals surface area contributed by atoms with Crippen LogP contribution in [0, 0.1) is 17.3 Å². The van der Waals surface area contributed by atoms with Gasteiger partial charge in [-0.2, -0.15) is 0 Å². The second-order valence-electron chi connectivity index (χ2n) is 8.11. The van der Waals surface area contributed by atoms with E-state index >= 15 is 0 Å². The lowest BCUT2D eigenvalue weighted by Crippen LogP contribution is -2.51. The molecule has 0 radical (unpaired) electrons. The van der Waals surface area contributed by atoms with Crippen LogP contribution in [0.15, 0.2) is 0 Å². The number of hydrogen-bond acceptors (Lipinski definition) is 3. The molecule has 0 heterocycles. The summed E-state index contributed by atoms with van der Waals surface area (Å²) in [7, 11) is 0. The minimum Gasteiger partial charge on any atom is -0.481 e. The first kappa shape index (κ1) is 16.1. The molecule has 21 heavy (non-hydrogen) atoms. The van der Waals surface area contributed by atoms with E-state index in [4.69, 9.17) is 4.74 Å². The normalized spacial score (nSPS) is 29.8. The second-order valence-corrected chi connectivity index (χ2v) is 8.11. The van der Waals surface area contributed by atoms with Gasteiger partial charge in [0, 0.05) is 11.5 Å². The number of carbonyl (C=O) groups is 2. The smallest absolute Gasteiger partial charge is 0.408 e. The number of aliphatic carboxylic acids is 1. The molecule has 0 aromatic heterocycles. The molecule has 5 nitrogen and oxygen atoms in total. The molecule has 2 aliphatic carbocycles. The molecule has 2 saturated carbocycles. The van der Waals surface area contributed by atoms with Crippen LogP contribution < -0.4 is 5.32 Å².